The molecule has 0 N–H and O–H groups in total. The molecule has 2 rings (SSSR count). The Labute approximate surface area is 113 Å². The van der Waals surface area contributed by atoms with E-state index in [9.17, 15) is 13.2 Å². The zero-order valence-electron chi connectivity index (χ0n) is 11.2. The van der Waals surface area contributed by atoms with Gasteiger partial charge >= 0.3 is 5.97 Å². The van der Waals surface area contributed by atoms with Crippen molar-refractivity contribution in [3.05, 3.63) is 39.8 Å². The van der Waals surface area contributed by atoms with Crippen molar-refractivity contribution < 1.29 is 17.9 Å². The average Bonchev–Trinajstić information content (AvgIpc) is 2.35. The number of sulfone groups is 1. The van der Waals surface area contributed by atoms with Crippen molar-refractivity contribution in [1.82, 2.24) is 0 Å². The Hall–Kier alpha value is -1.62. The summed E-state index contributed by atoms with van der Waals surface area (Å²) >= 11 is 0. The summed E-state index contributed by atoms with van der Waals surface area (Å²) in [6.45, 7) is 3.72. The number of rotatable bonds is 2. The lowest BCUT2D eigenvalue weighted by Crippen LogP contribution is -2.14. The number of ether oxygens (including phenoxy) is 1. The van der Waals surface area contributed by atoms with Gasteiger partial charge in [-0.2, -0.15) is 0 Å². The van der Waals surface area contributed by atoms with Crippen LogP contribution in [0.15, 0.2) is 28.0 Å². The molecule has 1 heterocycles. The van der Waals surface area contributed by atoms with Crippen molar-refractivity contribution in [3.8, 4) is 0 Å². The molecule has 0 atom stereocenters. The molecule has 19 heavy (non-hydrogen) atoms. The minimum absolute atomic E-state index is 0.218. The number of aryl methyl sites for hydroxylation is 1. The van der Waals surface area contributed by atoms with Crippen molar-refractivity contribution in [3.63, 3.8) is 0 Å². The molecule has 1 aromatic rings. The third-order valence-electron chi connectivity index (χ3n) is 3.20. The first-order valence-electron chi connectivity index (χ1n) is 6.05. The van der Waals surface area contributed by atoms with E-state index in [1.165, 1.54) is 18.6 Å². The summed E-state index contributed by atoms with van der Waals surface area (Å²) in [5, 5.41) is 1.27. The van der Waals surface area contributed by atoms with Crippen LogP contribution in [0, 0.1) is 0 Å². The Balaban J connectivity index is 2.70. The molecular weight excluding hydrogens is 264 g/mol. The van der Waals surface area contributed by atoms with Crippen molar-refractivity contribution in [2.45, 2.75) is 31.6 Å². The zero-order chi connectivity index (χ0) is 14.2. The van der Waals surface area contributed by atoms with Gasteiger partial charge in [0.05, 0.1) is 17.6 Å². The molecule has 0 unspecified atom stereocenters. The standard InChI is InChI=1S/C14H16O4S/c1-4-10-6-11-5-9(2)8-19(16,17)13(11)7-12(10)14(15)18-3/h6-8H,4-5H2,1-3H3. The number of benzene rings is 1. The van der Waals surface area contributed by atoms with Crippen LogP contribution in [0.3, 0.4) is 0 Å². The van der Waals surface area contributed by atoms with Crippen LogP contribution in [0.4, 0.5) is 0 Å². The normalized spacial score (nSPS) is 16.5. The Morgan fingerprint density at radius 3 is 2.63 bits per heavy atom. The average molecular weight is 280 g/mol. The number of carbonyl (C=O) groups excluding carboxylic acids is 1. The molecule has 102 valence electrons. The van der Waals surface area contributed by atoms with Crippen molar-refractivity contribution in [1.29, 1.82) is 0 Å². The monoisotopic (exact) mass is 280 g/mol. The Bertz CT molecular complexity index is 669. The van der Waals surface area contributed by atoms with Crippen molar-refractivity contribution in [2.24, 2.45) is 0 Å². The molecule has 0 fully saturated rings. The number of hydrogen-bond donors (Lipinski definition) is 0. The van der Waals surface area contributed by atoms with Gasteiger partial charge in [0.1, 0.15) is 0 Å². The number of carbonyl (C=O) groups is 1. The van der Waals surface area contributed by atoms with Crippen molar-refractivity contribution >= 4 is 15.8 Å². The molecule has 1 aliphatic heterocycles. The second-order valence-corrected chi connectivity index (χ2v) is 6.41. The highest BCUT2D eigenvalue weighted by atomic mass is 32.2. The smallest absolute Gasteiger partial charge is 0.338 e. The van der Waals surface area contributed by atoms with Gasteiger partial charge in [-0.15, -0.1) is 0 Å². The summed E-state index contributed by atoms with van der Waals surface area (Å²) < 4.78 is 28.9. The van der Waals surface area contributed by atoms with Crippen LogP contribution >= 0.6 is 0 Å². The number of methoxy groups -OCH3 is 1. The zero-order valence-corrected chi connectivity index (χ0v) is 12.0. The quantitative estimate of drug-likeness (QED) is 0.780. The summed E-state index contributed by atoms with van der Waals surface area (Å²) in [5.74, 6) is -0.499. The van der Waals surface area contributed by atoms with E-state index in [1.807, 2.05) is 6.92 Å². The Morgan fingerprint density at radius 1 is 1.37 bits per heavy atom. The van der Waals surface area contributed by atoms with Crippen LogP contribution in [0.5, 0.6) is 0 Å². The van der Waals surface area contributed by atoms with Crippen molar-refractivity contribution in [2.75, 3.05) is 7.11 Å². The van der Waals surface area contributed by atoms with E-state index in [1.54, 1.807) is 13.0 Å². The maximum absolute atomic E-state index is 12.1. The first-order valence-corrected chi connectivity index (χ1v) is 7.60. The van der Waals surface area contributed by atoms with Gasteiger partial charge in [0, 0.05) is 5.41 Å². The van der Waals surface area contributed by atoms with Crippen LogP contribution in [0.1, 0.15) is 35.3 Å². The number of allylic oxidation sites excluding steroid dienone is 1. The van der Waals surface area contributed by atoms with Crippen LogP contribution in [-0.4, -0.2) is 21.5 Å². The van der Waals surface area contributed by atoms with Crippen LogP contribution in [-0.2, 0) is 27.4 Å². The maximum Gasteiger partial charge on any atom is 0.338 e. The molecule has 0 aromatic heterocycles. The summed E-state index contributed by atoms with van der Waals surface area (Å²) in [5.41, 5.74) is 2.71. The third-order valence-corrected chi connectivity index (χ3v) is 4.91. The lowest BCUT2D eigenvalue weighted by molar-refractivity contribution is 0.0599. The molecule has 0 saturated heterocycles. The number of hydrogen-bond acceptors (Lipinski definition) is 4. The molecule has 0 aliphatic carbocycles. The Kier molecular flexibility index (Phi) is 3.49. The molecule has 0 amide bonds. The number of fused-ring (bicyclic) bond motifs is 1. The second-order valence-electron chi connectivity index (χ2n) is 4.65. The lowest BCUT2D eigenvalue weighted by Gasteiger charge is -2.18. The minimum atomic E-state index is -3.45. The molecule has 1 aliphatic rings. The predicted octanol–water partition coefficient (Wildman–Crippen LogP) is 2.27. The van der Waals surface area contributed by atoms with Gasteiger partial charge in [0.2, 0.25) is 0 Å². The summed E-state index contributed by atoms with van der Waals surface area (Å²) in [6.07, 6.45) is 1.25. The Morgan fingerprint density at radius 2 is 2.05 bits per heavy atom. The fourth-order valence-electron chi connectivity index (χ4n) is 2.34. The van der Waals surface area contributed by atoms with E-state index < -0.39 is 15.8 Å². The van der Waals surface area contributed by atoms with E-state index in [2.05, 4.69) is 0 Å². The van der Waals surface area contributed by atoms with E-state index in [0.29, 0.717) is 18.4 Å². The van der Waals surface area contributed by atoms with Gasteiger partial charge in [-0.3, -0.25) is 0 Å². The highest BCUT2D eigenvalue weighted by Crippen LogP contribution is 2.30. The molecule has 5 heteroatoms. The van der Waals surface area contributed by atoms with Crippen LogP contribution in [0.25, 0.3) is 0 Å². The molecule has 0 bridgehead atoms. The summed E-state index contributed by atoms with van der Waals surface area (Å²) in [4.78, 5) is 11.9. The van der Waals surface area contributed by atoms with Gasteiger partial charge in [-0.05, 0) is 37.0 Å². The van der Waals surface area contributed by atoms with Crippen LogP contribution in [0.2, 0.25) is 0 Å². The second kappa shape index (κ2) is 4.81. The van der Waals surface area contributed by atoms with Gasteiger partial charge in [-0.1, -0.05) is 18.6 Å². The molecule has 0 saturated carbocycles. The highest BCUT2D eigenvalue weighted by Gasteiger charge is 2.25. The fourth-order valence-corrected chi connectivity index (χ4v) is 3.86. The summed E-state index contributed by atoms with van der Waals surface area (Å²) in [6, 6.07) is 3.24. The molecule has 1 aromatic carbocycles. The maximum atomic E-state index is 12.1. The topological polar surface area (TPSA) is 60.4 Å². The largest absolute Gasteiger partial charge is 0.465 e. The molecule has 4 nitrogen and oxygen atoms in total. The summed E-state index contributed by atoms with van der Waals surface area (Å²) in [7, 11) is -2.16. The number of esters is 1. The lowest BCUT2D eigenvalue weighted by atomic mass is 9.98. The van der Waals surface area contributed by atoms with Gasteiger partial charge < -0.3 is 4.74 Å². The third kappa shape index (κ3) is 2.42. The van der Waals surface area contributed by atoms with Gasteiger partial charge in [0.15, 0.2) is 9.84 Å². The van der Waals surface area contributed by atoms with E-state index in [0.717, 1.165) is 16.7 Å². The van der Waals surface area contributed by atoms with E-state index in [4.69, 9.17) is 4.74 Å². The van der Waals surface area contributed by atoms with Gasteiger partial charge in [0.25, 0.3) is 0 Å². The molecule has 0 radical (unpaired) electrons. The first kappa shape index (κ1) is 13.8. The first-order chi connectivity index (χ1) is 8.89. The van der Waals surface area contributed by atoms with E-state index in [-0.39, 0.29) is 4.90 Å². The minimum Gasteiger partial charge on any atom is -0.465 e. The SMILES string of the molecule is CCc1cc2c(cc1C(=O)OC)S(=O)(=O)C=C(C)C2. The predicted molar refractivity (Wildman–Crippen MR) is 71.8 cm³/mol. The van der Waals surface area contributed by atoms with E-state index >= 15 is 0 Å². The fraction of sp³-hybridized carbons (Fsp3) is 0.357. The molecule has 0 spiro atoms. The van der Waals surface area contributed by atoms with Gasteiger partial charge in [-0.25, -0.2) is 13.2 Å². The molecular formula is C14H16O4S. The highest BCUT2D eigenvalue weighted by molar-refractivity contribution is 7.94. The van der Waals surface area contributed by atoms with Crippen LogP contribution < -0.4 is 0 Å².